The summed E-state index contributed by atoms with van der Waals surface area (Å²) in [5.41, 5.74) is 1.63. The predicted octanol–water partition coefficient (Wildman–Crippen LogP) is 1.20. The Bertz CT molecular complexity index is 472. The maximum absolute atomic E-state index is 5.49. The lowest BCUT2D eigenvalue weighted by molar-refractivity contribution is 0.578. The number of aliphatic imine (C=N–C) groups is 1. The number of oxazole rings is 1. The molecule has 1 aliphatic heterocycles. The Kier molecular flexibility index (Phi) is 1.89. The van der Waals surface area contributed by atoms with Crippen LogP contribution in [0.4, 0.5) is 6.01 Å². The minimum absolute atomic E-state index is 0.127. The van der Waals surface area contributed by atoms with Crippen LogP contribution in [0.1, 0.15) is 0 Å². The Morgan fingerprint density at radius 1 is 1.40 bits per heavy atom. The summed E-state index contributed by atoms with van der Waals surface area (Å²) < 4.78 is 5.49. The van der Waals surface area contributed by atoms with Gasteiger partial charge in [0.15, 0.2) is 11.9 Å². The number of hydrogen-bond acceptors (Lipinski definition) is 5. The molecule has 2 aromatic rings. The second kappa shape index (κ2) is 3.36. The third-order valence-electron chi connectivity index (χ3n) is 2.21. The summed E-state index contributed by atoms with van der Waals surface area (Å²) in [6.07, 6.45) is 1.69. The second-order valence-electron chi connectivity index (χ2n) is 3.27. The van der Waals surface area contributed by atoms with Gasteiger partial charge in [-0.2, -0.15) is 4.98 Å². The summed E-state index contributed by atoms with van der Waals surface area (Å²) in [6.45, 7) is 0.776. The van der Waals surface area contributed by atoms with Gasteiger partial charge in [0.25, 0.3) is 6.01 Å². The van der Waals surface area contributed by atoms with Crippen molar-refractivity contribution in [3.8, 4) is 0 Å². The molecule has 0 bridgehead atoms. The van der Waals surface area contributed by atoms with E-state index in [1.54, 1.807) is 0 Å². The molecule has 1 aliphatic rings. The molecule has 0 aliphatic carbocycles. The Morgan fingerprint density at radius 2 is 2.33 bits per heavy atom. The molecule has 1 aromatic carbocycles. The van der Waals surface area contributed by atoms with Gasteiger partial charge in [0.1, 0.15) is 5.52 Å². The monoisotopic (exact) mass is 202 g/mol. The molecular formula is C10H10N4O. The normalized spacial score (nSPS) is 19.9. The molecule has 2 N–H and O–H groups in total. The minimum Gasteiger partial charge on any atom is -0.423 e. The van der Waals surface area contributed by atoms with Gasteiger partial charge in [-0.1, -0.05) is 12.1 Å². The molecule has 15 heavy (non-hydrogen) atoms. The van der Waals surface area contributed by atoms with E-state index >= 15 is 0 Å². The van der Waals surface area contributed by atoms with Gasteiger partial charge in [-0.25, -0.2) is 0 Å². The summed E-state index contributed by atoms with van der Waals surface area (Å²) in [4.78, 5) is 8.44. The number of aromatic nitrogens is 1. The van der Waals surface area contributed by atoms with Crippen molar-refractivity contribution >= 4 is 23.3 Å². The molecule has 1 aromatic heterocycles. The first kappa shape index (κ1) is 8.43. The van der Waals surface area contributed by atoms with Gasteiger partial charge in [0.05, 0.1) is 0 Å². The third kappa shape index (κ3) is 1.57. The van der Waals surface area contributed by atoms with Crippen LogP contribution >= 0.6 is 0 Å². The zero-order valence-corrected chi connectivity index (χ0v) is 7.97. The highest BCUT2D eigenvalue weighted by molar-refractivity contribution is 5.74. The Balaban J connectivity index is 1.88. The maximum atomic E-state index is 5.49. The van der Waals surface area contributed by atoms with E-state index in [2.05, 4.69) is 20.6 Å². The van der Waals surface area contributed by atoms with Crippen LogP contribution < -0.4 is 10.6 Å². The van der Waals surface area contributed by atoms with Crippen LogP contribution in [0.5, 0.6) is 0 Å². The van der Waals surface area contributed by atoms with Crippen LogP contribution in [0.25, 0.3) is 11.1 Å². The van der Waals surface area contributed by atoms with E-state index in [1.165, 1.54) is 0 Å². The van der Waals surface area contributed by atoms with Gasteiger partial charge in [0, 0.05) is 12.8 Å². The molecule has 5 heteroatoms. The number of rotatable bonds is 2. The smallest absolute Gasteiger partial charge is 0.298 e. The lowest BCUT2D eigenvalue weighted by Crippen LogP contribution is -2.30. The highest BCUT2D eigenvalue weighted by Gasteiger charge is 2.12. The average molecular weight is 202 g/mol. The zero-order valence-electron chi connectivity index (χ0n) is 7.97. The van der Waals surface area contributed by atoms with Crippen molar-refractivity contribution < 1.29 is 4.42 Å². The van der Waals surface area contributed by atoms with Gasteiger partial charge in [-0.15, -0.1) is 0 Å². The fraction of sp³-hybridized carbons (Fsp3) is 0.200. The summed E-state index contributed by atoms with van der Waals surface area (Å²) in [6, 6.07) is 8.14. The van der Waals surface area contributed by atoms with Crippen molar-refractivity contribution in [1.82, 2.24) is 10.3 Å². The lowest BCUT2D eigenvalue weighted by Gasteiger charge is -2.06. The van der Waals surface area contributed by atoms with Gasteiger partial charge in [-0.3, -0.25) is 10.3 Å². The van der Waals surface area contributed by atoms with E-state index in [-0.39, 0.29) is 6.29 Å². The molecule has 0 fully saturated rings. The van der Waals surface area contributed by atoms with Crippen LogP contribution in [0.15, 0.2) is 33.7 Å². The lowest BCUT2D eigenvalue weighted by atomic mass is 10.3. The van der Waals surface area contributed by atoms with Crippen LogP contribution in [-0.4, -0.2) is 24.0 Å². The van der Waals surface area contributed by atoms with E-state index in [0.717, 1.165) is 17.6 Å². The summed E-state index contributed by atoms with van der Waals surface area (Å²) in [5.74, 6) is 0. The van der Waals surface area contributed by atoms with E-state index < -0.39 is 0 Å². The van der Waals surface area contributed by atoms with E-state index in [1.807, 2.05) is 30.5 Å². The molecule has 0 saturated carbocycles. The summed E-state index contributed by atoms with van der Waals surface area (Å²) >= 11 is 0. The van der Waals surface area contributed by atoms with Crippen molar-refractivity contribution in [3.63, 3.8) is 0 Å². The number of anilines is 1. The molecule has 5 nitrogen and oxygen atoms in total. The molecule has 3 rings (SSSR count). The van der Waals surface area contributed by atoms with Crippen molar-refractivity contribution in [2.24, 2.45) is 4.99 Å². The Morgan fingerprint density at radius 3 is 3.13 bits per heavy atom. The Hall–Kier alpha value is -1.88. The van der Waals surface area contributed by atoms with Crippen LogP contribution in [-0.2, 0) is 0 Å². The van der Waals surface area contributed by atoms with Gasteiger partial charge < -0.3 is 9.73 Å². The van der Waals surface area contributed by atoms with Crippen LogP contribution in [0, 0.1) is 0 Å². The van der Waals surface area contributed by atoms with Crippen LogP contribution in [0.2, 0.25) is 0 Å². The molecule has 0 radical (unpaired) electrons. The topological polar surface area (TPSA) is 62.5 Å². The number of para-hydroxylation sites is 2. The first-order chi connectivity index (χ1) is 7.42. The number of fused-ring (bicyclic) bond motifs is 1. The standard InChI is InChI=1S/C10H10N4O/c1-2-4-8-7(3-1)13-10(15-8)14-9-11-5-6-12-9/h1-5,9,12H,6H2,(H,13,14). The quantitative estimate of drug-likeness (QED) is 0.768. The highest BCUT2D eigenvalue weighted by Crippen LogP contribution is 2.18. The van der Waals surface area contributed by atoms with E-state index in [0.29, 0.717) is 6.01 Å². The number of benzene rings is 1. The van der Waals surface area contributed by atoms with Crippen LogP contribution in [0.3, 0.4) is 0 Å². The average Bonchev–Trinajstić information content (AvgIpc) is 2.86. The molecule has 1 unspecified atom stereocenters. The first-order valence-corrected chi connectivity index (χ1v) is 4.79. The minimum atomic E-state index is -0.127. The fourth-order valence-electron chi connectivity index (χ4n) is 1.51. The molecule has 0 saturated heterocycles. The number of nitrogens with zero attached hydrogens (tertiary/aromatic N) is 2. The van der Waals surface area contributed by atoms with Gasteiger partial charge in [0.2, 0.25) is 0 Å². The highest BCUT2D eigenvalue weighted by atomic mass is 16.4. The largest absolute Gasteiger partial charge is 0.423 e. The molecule has 2 heterocycles. The number of hydrogen-bond donors (Lipinski definition) is 2. The first-order valence-electron chi connectivity index (χ1n) is 4.79. The maximum Gasteiger partial charge on any atom is 0.298 e. The summed E-state index contributed by atoms with van der Waals surface area (Å²) in [5, 5.41) is 6.16. The van der Waals surface area contributed by atoms with Crippen molar-refractivity contribution in [2.45, 2.75) is 6.29 Å². The van der Waals surface area contributed by atoms with Crippen molar-refractivity contribution in [1.29, 1.82) is 0 Å². The molecule has 0 spiro atoms. The van der Waals surface area contributed by atoms with Crippen molar-refractivity contribution in [2.75, 3.05) is 11.9 Å². The molecule has 0 amide bonds. The summed E-state index contributed by atoms with van der Waals surface area (Å²) in [7, 11) is 0. The van der Waals surface area contributed by atoms with E-state index in [4.69, 9.17) is 4.42 Å². The van der Waals surface area contributed by atoms with Gasteiger partial charge >= 0.3 is 0 Å². The molecule has 76 valence electrons. The van der Waals surface area contributed by atoms with Crippen molar-refractivity contribution in [3.05, 3.63) is 24.3 Å². The molecular weight excluding hydrogens is 192 g/mol. The van der Waals surface area contributed by atoms with E-state index in [9.17, 15) is 0 Å². The SMILES string of the molecule is C1=NC(Nc2nc3ccccc3o2)NC1. The Labute approximate surface area is 86.2 Å². The second-order valence-corrected chi connectivity index (χ2v) is 3.27. The fourth-order valence-corrected chi connectivity index (χ4v) is 1.51. The molecule has 1 atom stereocenters. The zero-order chi connectivity index (χ0) is 10.1. The van der Waals surface area contributed by atoms with Gasteiger partial charge in [-0.05, 0) is 12.1 Å². The third-order valence-corrected chi connectivity index (χ3v) is 2.21. The predicted molar refractivity (Wildman–Crippen MR) is 57.9 cm³/mol. The number of nitrogens with one attached hydrogen (secondary N) is 2.